The fourth-order valence-corrected chi connectivity index (χ4v) is 3.03. The van der Waals surface area contributed by atoms with Crippen molar-refractivity contribution in [3.05, 3.63) is 12.4 Å². The van der Waals surface area contributed by atoms with Crippen LogP contribution in [0.2, 0.25) is 0 Å². The van der Waals surface area contributed by atoms with Crippen LogP contribution in [-0.4, -0.2) is 40.3 Å². The Morgan fingerprint density at radius 3 is 2.41 bits per heavy atom. The molecule has 0 unspecified atom stereocenters. The van der Waals surface area contributed by atoms with Crippen molar-refractivity contribution < 1.29 is 14.0 Å². The van der Waals surface area contributed by atoms with Crippen LogP contribution in [0.25, 0.3) is 0 Å². The van der Waals surface area contributed by atoms with E-state index in [9.17, 15) is 0 Å². The Bertz CT molecular complexity index is 519. The van der Waals surface area contributed by atoms with Gasteiger partial charge in [-0.2, -0.15) is 5.10 Å². The van der Waals surface area contributed by atoms with Gasteiger partial charge in [-0.15, -0.1) is 0 Å². The van der Waals surface area contributed by atoms with E-state index >= 15 is 0 Å². The Balaban J connectivity index is 1.70. The molecule has 0 N–H and O–H groups in total. The molecule has 0 spiro atoms. The second-order valence-corrected chi connectivity index (χ2v) is 7.81. The van der Waals surface area contributed by atoms with Crippen LogP contribution in [0.1, 0.15) is 53.9 Å². The van der Waals surface area contributed by atoms with Crippen LogP contribution in [-0.2, 0) is 20.6 Å². The van der Waals surface area contributed by atoms with Gasteiger partial charge < -0.3 is 14.0 Å². The van der Waals surface area contributed by atoms with Crippen LogP contribution in [0.4, 0.5) is 0 Å². The lowest BCUT2D eigenvalue weighted by molar-refractivity contribution is -0.0771. The van der Waals surface area contributed by atoms with Crippen molar-refractivity contribution in [3.63, 3.8) is 0 Å². The van der Waals surface area contributed by atoms with Crippen molar-refractivity contribution in [2.75, 3.05) is 6.61 Å². The molecule has 122 valence electrons. The third kappa shape index (κ3) is 2.96. The van der Waals surface area contributed by atoms with Crippen molar-refractivity contribution in [1.29, 1.82) is 0 Å². The maximum atomic E-state index is 6.07. The van der Waals surface area contributed by atoms with Crippen LogP contribution < -0.4 is 5.46 Å². The summed E-state index contributed by atoms with van der Waals surface area (Å²) in [6, 6.07) is 0. The summed E-state index contributed by atoms with van der Waals surface area (Å²) in [5.74, 6) is 0. The number of ether oxygens (including phenoxy) is 1. The summed E-state index contributed by atoms with van der Waals surface area (Å²) in [6.45, 7) is 12.0. The molecule has 3 heterocycles. The quantitative estimate of drug-likeness (QED) is 0.803. The molecule has 0 saturated carbocycles. The monoisotopic (exact) mass is 306 g/mol. The highest BCUT2D eigenvalue weighted by Crippen LogP contribution is 2.36. The maximum absolute atomic E-state index is 6.07. The lowest BCUT2D eigenvalue weighted by Crippen LogP contribution is -2.41. The second kappa shape index (κ2) is 5.36. The Kier molecular flexibility index (Phi) is 3.90. The van der Waals surface area contributed by atoms with Crippen molar-refractivity contribution in [1.82, 2.24) is 9.78 Å². The summed E-state index contributed by atoms with van der Waals surface area (Å²) in [7, 11) is -0.348. The first-order valence-corrected chi connectivity index (χ1v) is 8.23. The molecule has 1 aromatic heterocycles. The Morgan fingerprint density at radius 2 is 1.82 bits per heavy atom. The molecule has 6 heteroatoms. The molecular weight excluding hydrogens is 279 g/mol. The summed E-state index contributed by atoms with van der Waals surface area (Å²) in [4.78, 5) is 0. The van der Waals surface area contributed by atoms with E-state index in [0.717, 1.165) is 31.5 Å². The lowest BCUT2D eigenvalue weighted by atomic mass is 9.82. The Labute approximate surface area is 133 Å². The maximum Gasteiger partial charge on any atom is 0.498 e. The van der Waals surface area contributed by atoms with E-state index < -0.39 is 0 Å². The smallest absolute Gasteiger partial charge is 0.399 e. The van der Waals surface area contributed by atoms with Gasteiger partial charge in [0.15, 0.2) is 0 Å². The van der Waals surface area contributed by atoms with Gasteiger partial charge >= 0.3 is 7.12 Å². The molecule has 0 aliphatic carbocycles. The topological polar surface area (TPSA) is 45.5 Å². The minimum absolute atomic E-state index is 0.114. The zero-order valence-corrected chi connectivity index (χ0v) is 14.4. The molecule has 2 aliphatic rings. The van der Waals surface area contributed by atoms with Crippen LogP contribution in [0.15, 0.2) is 12.4 Å². The van der Waals surface area contributed by atoms with Crippen molar-refractivity contribution in [3.8, 4) is 0 Å². The van der Waals surface area contributed by atoms with E-state index in [-0.39, 0.29) is 23.9 Å². The molecule has 0 radical (unpaired) electrons. The van der Waals surface area contributed by atoms with Crippen molar-refractivity contribution in [2.45, 2.75) is 77.2 Å². The predicted molar refractivity (Wildman–Crippen MR) is 86.2 cm³/mol. The first-order chi connectivity index (χ1) is 10.2. The zero-order valence-electron chi connectivity index (χ0n) is 14.4. The predicted octanol–water partition coefficient (Wildman–Crippen LogP) is 2.14. The number of hydrogen-bond acceptors (Lipinski definition) is 4. The highest BCUT2D eigenvalue weighted by Gasteiger charge is 2.52. The van der Waals surface area contributed by atoms with Gasteiger partial charge in [-0.1, -0.05) is 0 Å². The van der Waals surface area contributed by atoms with Gasteiger partial charge in [0.25, 0.3) is 0 Å². The van der Waals surface area contributed by atoms with E-state index in [1.54, 1.807) is 0 Å². The van der Waals surface area contributed by atoms with Crippen LogP contribution in [0.5, 0.6) is 0 Å². The van der Waals surface area contributed by atoms with Crippen LogP contribution >= 0.6 is 0 Å². The molecule has 22 heavy (non-hydrogen) atoms. The zero-order chi connectivity index (χ0) is 16.0. The SMILES string of the molecule is CC1(C)OB(c2cnn(C[C@]3(C)CCCCO3)c2)OC1(C)C. The highest BCUT2D eigenvalue weighted by atomic mass is 16.7. The number of rotatable bonds is 3. The summed E-state index contributed by atoms with van der Waals surface area (Å²) in [5, 5.41) is 4.47. The van der Waals surface area contributed by atoms with E-state index in [2.05, 4.69) is 39.7 Å². The minimum atomic E-state index is -0.348. The van der Waals surface area contributed by atoms with Crippen molar-refractivity contribution >= 4 is 12.6 Å². The molecule has 1 aromatic rings. The van der Waals surface area contributed by atoms with Gasteiger partial charge in [0.1, 0.15) is 0 Å². The summed E-state index contributed by atoms with van der Waals surface area (Å²) >= 11 is 0. The number of hydrogen-bond donors (Lipinski definition) is 0. The minimum Gasteiger partial charge on any atom is -0.399 e. The van der Waals surface area contributed by atoms with Gasteiger partial charge in [-0.25, -0.2) is 0 Å². The Morgan fingerprint density at radius 1 is 1.14 bits per heavy atom. The lowest BCUT2D eigenvalue weighted by Gasteiger charge is -2.33. The largest absolute Gasteiger partial charge is 0.498 e. The second-order valence-electron chi connectivity index (χ2n) is 7.81. The van der Waals surface area contributed by atoms with E-state index in [1.165, 1.54) is 6.42 Å². The van der Waals surface area contributed by atoms with Gasteiger partial charge in [-0.3, -0.25) is 4.68 Å². The molecule has 0 amide bonds. The number of aromatic nitrogens is 2. The third-order valence-electron chi connectivity index (χ3n) is 5.23. The molecule has 5 nitrogen and oxygen atoms in total. The molecule has 0 bridgehead atoms. The molecule has 2 aliphatic heterocycles. The van der Waals surface area contributed by atoms with E-state index in [1.807, 2.05) is 17.1 Å². The summed E-state index contributed by atoms with van der Waals surface area (Å²) in [5.41, 5.74) is 0.214. The standard InChI is InChI=1S/C16H27BN2O3/c1-14(2)15(3,4)22-17(21-14)13-10-18-19(11-13)12-16(5)8-6-7-9-20-16/h10-11H,6-9,12H2,1-5H3/t16-/m0/s1. The normalized spacial score (nSPS) is 30.7. The Hall–Kier alpha value is -0.845. The van der Waals surface area contributed by atoms with Crippen molar-refractivity contribution in [2.24, 2.45) is 0 Å². The molecule has 1 atom stereocenters. The summed E-state index contributed by atoms with van der Waals surface area (Å²) in [6.07, 6.45) is 7.33. The van der Waals surface area contributed by atoms with E-state index in [0.29, 0.717) is 0 Å². The highest BCUT2D eigenvalue weighted by molar-refractivity contribution is 6.61. The molecule has 2 fully saturated rings. The van der Waals surface area contributed by atoms with Crippen LogP contribution in [0.3, 0.4) is 0 Å². The van der Waals surface area contributed by atoms with Gasteiger partial charge in [0.2, 0.25) is 0 Å². The van der Waals surface area contributed by atoms with Gasteiger partial charge in [0, 0.05) is 24.5 Å². The fourth-order valence-electron chi connectivity index (χ4n) is 3.03. The fraction of sp³-hybridized carbons (Fsp3) is 0.812. The van der Waals surface area contributed by atoms with E-state index in [4.69, 9.17) is 14.0 Å². The number of nitrogens with zero attached hydrogens (tertiary/aromatic N) is 2. The first-order valence-electron chi connectivity index (χ1n) is 8.23. The van der Waals surface area contributed by atoms with Crippen LogP contribution in [0, 0.1) is 0 Å². The molecule has 0 aromatic carbocycles. The summed E-state index contributed by atoms with van der Waals surface area (Å²) < 4.78 is 20.0. The molecule has 2 saturated heterocycles. The average Bonchev–Trinajstić information content (AvgIpc) is 2.93. The average molecular weight is 306 g/mol. The van der Waals surface area contributed by atoms with Gasteiger partial charge in [0.05, 0.1) is 23.3 Å². The first kappa shape index (κ1) is 16.0. The van der Waals surface area contributed by atoms with Gasteiger partial charge in [-0.05, 0) is 53.9 Å². The molecule has 3 rings (SSSR count). The third-order valence-corrected chi connectivity index (χ3v) is 5.23. The molecular formula is C16H27BN2O3.